The number of carbonyl (C=O) groups excluding carboxylic acids is 3. The summed E-state index contributed by atoms with van der Waals surface area (Å²) in [5.41, 5.74) is 0.483. The molecule has 10 heteroatoms. The second kappa shape index (κ2) is 12.1. The maximum atomic E-state index is 13.5. The van der Waals surface area contributed by atoms with E-state index in [2.05, 4.69) is 10.3 Å². The molecule has 2 fully saturated rings. The first-order valence-corrected chi connectivity index (χ1v) is 12.6. The van der Waals surface area contributed by atoms with Gasteiger partial charge in [0, 0.05) is 19.2 Å². The van der Waals surface area contributed by atoms with E-state index >= 15 is 0 Å². The van der Waals surface area contributed by atoms with Crippen molar-refractivity contribution in [1.82, 2.24) is 15.2 Å². The molecule has 1 aromatic carbocycles. The molecule has 0 radical (unpaired) electrons. The predicted octanol–water partition coefficient (Wildman–Crippen LogP) is 4.37. The van der Waals surface area contributed by atoms with Crippen LogP contribution in [0.2, 0.25) is 0 Å². The maximum Gasteiger partial charge on any atom is 0.413 e. The number of alkyl carbamates (subject to hydrolysis) is 1. The number of ketones is 1. The topological polar surface area (TPSA) is 111 Å². The SMILES string of the molecule is CCC[C@H](NC(=O)O/C(=C/C1CCCCC1)C(=O)N1CCOCC1)C(=O)c1nc2cc(F)ccc2o1. The van der Waals surface area contributed by atoms with Gasteiger partial charge in [0.2, 0.25) is 5.78 Å². The molecule has 194 valence electrons. The number of hydrogen-bond donors (Lipinski definition) is 1. The van der Waals surface area contributed by atoms with Crippen molar-refractivity contribution in [3.8, 4) is 0 Å². The Morgan fingerprint density at radius 3 is 2.69 bits per heavy atom. The van der Waals surface area contributed by atoms with Crippen molar-refractivity contribution in [1.29, 1.82) is 0 Å². The molecule has 9 nitrogen and oxygen atoms in total. The molecule has 1 aliphatic heterocycles. The van der Waals surface area contributed by atoms with Crippen LogP contribution in [0.3, 0.4) is 0 Å². The Hall–Kier alpha value is -3.27. The van der Waals surface area contributed by atoms with E-state index in [0.717, 1.165) is 32.1 Å². The first-order valence-electron chi connectivity index (χ1n) is 12.6. The van der Waals surface area contributed by atoms with Crippen LogP contribution in [0, 0.1) is 11.7 Å². The van der Waals surface area contributed by atoms with Crippen molar-refractivity contribution in [3.63, 3.8) is 0 Å². The molecule has 2 aromatic rings. The molecule has 1 N–H and O–H groups in total. The number of nitrogens with zero attached hydrogens (tertiary/aromatic N) is 2. The molecule has 0 bridgehead atoms. The summed E-state index contributed by atoms with van der Waals surface area (Å²) in [5, 5.41) is 2.58. The van der Waals surface area contributed by atoms with E-state index in [4.69, 9.17) is 13.9 Å². The summed E-state index contributed by atoms with van der Waals surface area (Å²) < 4.78 is 29.9. The van der Waals surface area contributed by atoms with E-state index in [1.165, 1.54) is 18.2 Å². The fourth-order valence-corrected chi connectivity index (χ4v) is 4.57. The quantitative estimate of drug-likeness (QED) is 0.325. The molecule has 1 saturated heterocycles. The first kappa shape index (κ1) is 25.8. The average molecular weight is 502 g/mol. The van der Waals surface area contributed by atoms with Crippen LogP contribution in [0.15, 0.2) is 34.5 Å². The van der Waals surface area contributed by atoms with Gasteiger partial charge in [0.25, 0.3) is 11.8 Å². The first-order chi connectivity index (χ1) is 17.4. The van der Waals surface area contributed by atoms with E-state index in [9.17, 15) is 18.8 Å². The molecule has 1 saturated carbocycles. The molecular formula is C26H32FN3O6. The lowest BCUT2D eigenvalue weighted by molar-refractivity contribution is -0.134. The number of hydrogen-bond acceptors (Lipinski definition) is 7. The smallest absolute Gasteiger partial charge is 0.413 e. The van der Waals surface area contributed by atoms with Crippen LogP contribution in [-0.2, 0) is 14.3 Å². The van der Waals surface area contributed by atoms with Gasteiger partial charge in [0.1, 0.15) is 17.4 Å². The maximum absolute atomic E-state index is 13.5. The summed E-state index contributed by atoms with van der Waals surface area (Å²) in [6, 6.07) is 2.80. The zero-order chi connectivity index (χ0) is 25.5. The largest absolute Gasteiger partial charge is 0.434 e. The minimum Gasteiger partial charge on any atom is -0.434 e. The Kier molecular flexibility index (Phi) is 8.69. The van der Waals surface area contributed by atoms with Gasteiger partial charge < -0.3 is 24.1 Å². The average Bonchev–Trinajstić information content (AvgIpc) is 3.31. The van der Waals surface area contributed by atoms with Crippen LogP contribution in [0.4, 0.5) is 9.18 Å². The number of allylic oxidation sites excluding steroid dienone is 1. The summed E-state index contributed by atoms with van der Waals surface area (Å²) in [6.45, 7) is 3.56. The highest BCUT2D eigenvalue weighted by Crippen LogP contribution is 2.26. The lowest BCUT2D eigenvalue weighted by atomic mass is 9.89. The summed E-state index contributed by atoms with van der Waals surface area (Å²) >= 11 is 0. The van der Waals surface area contributed by atoms with Gasteiger partial charge in [-0.15, -0.1) is 0 Å². The van der Waals surface area contributed by atoms with Gasteiger partial charge in [-0.25, -0.2) is 14.2 Å². The molecule has 2 aliphatic rings. The summed E-state index contributed by atoms with van der Waals surface area (Å²) in [5.74, 6) is -1.51. The molecule has 2 heterocycles. The van der Waals surface area contributed by atoms with Crippen LogP contribution in [0.1, 0.15) is 62.6 Å². The van der Waals surface area contributed by atoms with Crippen LogP contribution >= 0.6 is 0 Å². The van der Waals surface area contributed by atoms with Crippen molar-refractivity contribution in [2.75, 3.05) is 26.3 Å². The fourth-order valence-electron chi connectivity index (χ4n) is 4.57. The van der Waals surface area contributed by atoms with E-state index in [-0.39, 0.29) is 34.6 Å². The minimum atomic E-state index is -0.977. The third-order valence-electron chi connectivity index (χ3n) is 6.49. The Morgan fingerprint density at radius 2 is 1.97 bits per heavy atom. The Bertz CT molecular complexity index is 1120. The predicted molar refractivity (Wildman–Crippen MR) is 129 cm³/mol. The number of fused-ring (bicyclic) bond motifs is 1. The zero-order valence-corrected chi connectivity index (χ0v) is 20.5. The molecule has 0 unspecified atom stereocenters. The monoisotopic (exact) mass is 501 g/mol. The highest BCUT2D eigenvalue weighted by Gasteiger charge is 2.30. The number of rotatable bonds is 8. The van der Waals surface area contributed by atoms with Gasteiger partial charge in [-0.3, -0.25) is 9.59 Å². The fraction of sp³-hybridized carbons (Fsp3) is 0.538. The van der Waals surface area contributed by atoms with E-state index in [1.54, 1.807) is 11.0 Å². The Morgan fingerprint density at radius 1 is 1.22 bits per heavy atom. The van der Waals surface area contributed by atoms with Crippen molar-refractivity contribution in [2.24, 2.45) is 5.92 Å². The standard InChI is InChI=1S/C26H32FN3O6/c1-2-6-19(23(31)24-28-20-16-18(27)9-10-21(20)35-24)29-26(33)36-22(15-17-7-4-3-5-8-17)25(32)30-11-13-34-14-12-30/h9-10,15-17,19H,2-8,11-14H2,1H3,(H,29,33)/b22-15+/t19-/m0/s1. The molecule has 1 aromatic heterocycles. The third-order valence-corrected chi connectivity index (χ3v) is 6.49. The Balaban J connectivity index is 1.48. The number of oxazole rings is 1. The number of nitrogens with one attached hydrogen (secondary N) is 1. The van der Waals surface area contributed by atoms with E-state index < -0.39 is 23.7 Å². The summed E-state index contributed by atoms with van der Waals surface area (Å²) in [6.07, 6.45) is 6.89. The number of halogens is 1. The van der Waals surface area contributed by atoms with Crippen LogP contribution in [0.25, 0.3) is 11.1 Å². The molecule has 4 rings (SSSR count). The van der Waals surface area contributed by atoms with Gasteiger partial charge in [0.15, 0.2) is 11.3 Å². The number of morpholine rings is 1. The molecule has 2 amide bonds. The lowest BCUT2D eigenvalue weighted by Gasteiger charge is -2.28. The molecule has 0 spiro atoms. The number of aromatic nitrogens is 1. The van der Waals surface area contributed by atoms with Crippen molar-refractivity contribution in [3.05, 3.63) is 41.7 Å². The number of Topliss-reactive ketones (excluding diaryl/α,β-unsaturated/α-hetero) is 1. The molecular weight excluding hydrogens is 469 g/mol. The van der Waals surface area contributed by atoms with Crippen molar-refractivity contribution < 1.29 is 32.7 Å². The van der Waals surface area contributed by atoms with Gasteiger partial charge in [0.05, 0.1) is 13.2 Å². The summed E-state index contributed by atoms with van der Waals surface area (Å²) in [4.78, 5) is 44.8. The van der Waals surface area contributed by atoms with Crippen LogP contribution < -0.4 is 5.32 Å². The molecule has 1 atom stereocenters. The third kappa shape index (κ3) is 6.48. The Labute approximate surface area is 209 Å². The van der Waals surface area contributed by atoms with Gasteiger partial charge in [-0.2, -0.15) is 0 Å². The normalized spacial score (nSPS) is 18.2. The number of carbonyl (C=O) groups is 3. The highest BCUT2D eigenvalue weighted by atomic mass is 19.1. The lowest BCUT2D eigenvalue weighted by Crippen LogP contribution is -2.44. The number of benzene rings is 1. The zero-order valence-electron chi connectivity index (χ0n) is 20.5. The summed E-state index contributed by atoms with van der Waals surface area (Å²) in [7, 11) is 0. The minimum absolute atomic E-state index is 0.0265. The van der Waals surface area contributed by atoms with Crippen molar-refractivity contribution >= 4 is 28.9 Å². The van der Waals surface area contributed by atoms with E-state index in [0.29, 0.717) is 39.1 Å². The highest BCUT2D eigenvalue weighted by molar-refractivity contribution is 6.00. The van der Waals surface area contributed by atoms with Gasteiger partial charge >= 0.3 is 6.09 Å². The van der Waals surface area contributed by atoms with Crippen LogP contribution in [0.5, 0.6) is 0 Å². The van der Waals surface area contributed by atoms with Crippen molar-refractivity contribution in [2.45, 2.75) is 57.9 Å². The molecule has 1 aliphatic carbocycles. The second-order valence-corrected chi connectivity index (χ2v) is 9.20. The number of amides is 2. The van der Waals surface area contributed by atoms with Crippen LogP contribution in [-0.4, -0.2) is 60.0 Å². The second-order valence-electron chi connectivity index (χ2n) is 9.20. The molecule has 36 heavy (non-hydrogen) atoms. The number of ether oxygens (including phenoxy) is 2. The van der Waals surface area contributed by atoms with E-state index in [1.807, 2.05) is 6.92 Å². The van der Waals surface area contributed by atoms with Gasteiger partial charge in [-0.05, 0) is 43.4 Å². The van der Waals surface area contributed by atoms with Gasteiger partial charge in [-0.1, -0.05) is 32.6 Å².